The molecule has 334 valence electrons. The Morgan fingerprint density at radius 2 is 0.719 bits per heavy atom. The van der Waals surface area contributed by atoms with Gasteiger partial charge in [-0.25, -0.2) is 0 Å². The third-order valence-electron chi connectivity index (χ3n) is 14.1. The number of likely N-dealkylation sites (tertiary alicyclic amines) is 4. The zero-order valence-electron chi connectivity index (χ0n) is 36.6. The predicted molar refractivity (Wildman–Crippen MR) is 224 cm³/mol. The van der Waals surface area contributed by atoms with E-state index in [0.29, 0.717) is 22.8 Å². The fourth-order valence-corrected chi connectivity index (χ4v) is 11.6. The van der Waals surface area contributed by atoms with E-state index in [1.165, 1.54) is 28.4 Å². The lowest BCUT2D eigenvalue weighted by Gasteiger charge is -2.64. The molecule has 4 aromatic rings. The number of Topliss-reactive ketones (excluding diaryl/α,β-unsaturated/α-hetero) is 2. The summed E-state index contributed by atoms with van der Waals surface area (Å²) in [6, 6.07) is 16.1. The van der Waals surface area contributed by atoms with Crippen LogP contribution in [0.4, 0.5) is 0 Å². The first-order valence-corrected chi connectivity index (χ1v) is 20.8. The number of hydrogen-bond donors (Lipinski definition) is 0. The summed E-state index contributed by atoms with van der Waals surface area (Å²) in [5.41, 5.74) is -7.10. The maximum Gasteiger partial charge on any atom is 0.322 e. The third kappa shape index (κ3) is 6.06. The van der Waals surface area contributed by atoms with E-state index in [0.717, 1.165) is 0 Å². The number of nitrogens with zero attached hydrogens (tertiary/aromatic N) is 8. The molecule has 0 radical (unpaired) electrons. The van der Waals surface area contributed by atoms with Crippen molar-refractivity contribution in [2.24, 2.45) is 21.7 Å². The minimum absolute atomic E-state index is 0.326. The number of piperidine rings is 4. The number of hydrogen-bond acceptors (Lipinski definition) is 18. The Kier molecular flexibility index (Phi) is 11.5. The molecule has 4 aliphatic rings. The summed E-state index contributed by atoms with van der Waals surface area (Å²) in [5.74, 6) is -5.14. The molecule has 64 heavy (non-hydrogen) atoms. The van der Waals surface area contributed by atoms with Crippen LogP contribution in [0, 0.1) is 21.7 Å². The number of aromatic nitrogens is 4. The van der Waals surface area contributed by atoms with Gasteiger partial charge in [-0.1, -0.05) is 24.3 Å². The van der Waals surface area contributed by atoms with Crippen LogP contribution in [0.2, 0.25) is 0 Å². The van der Waals surface area contributed by atoms with Crippen molar-refractivity contribution in [3.05, 3.63) is 120 Å². The number of carbonyl (C=O) groups excluding carboxylic acids is 6. The molecule has 4 aromatic heterocycles. The van der Waals surface area contributed by atoms with Crippen LogP contribution in [0.5, 0.6) is 0 Å². The smallest absolute Gasteiger partial charge is 0.322 e. The number of ether oxygens (including phenoxy) is 4. The minimum Gasteiger partial charge on any atom is -0.468 e. The molecule has 8 rings (SSSR count). The molecule has 4 fully saturated rings. The number of methoxy groups -OCH3 is 4. The molecule has 0 N–H and O–H groups in total. The summed E-state index contributed by atoms with van der Waals surface area (Å²) in [6.45, 7) is 0.466. The van der Waals surface area contributed by atoms with E-state index in [1.54, 1.807) is 138 Å². The molecule has 18 nitrogen and oxygen atoms in total. The van der Waals surface area contributed by atoms with Gasteiger partial charge in [0, 0.05) is 51.0 Å². The SMILES string of the molecule is COC(=O)C12CN(C(C)N3CC4(C(=O)OC)C(=O)C(C(=O)OC)(C3)C(c3ccccn3)N(C)C4c3ccccn3)CC(C(=O)OC)(C1=O)C(c1ccccn1)N(C)C2c1ccccn1. The van der Waals surface area contributed by atoms with Gasteiger partial charge < -0.3 is 18.9 Å². The van der Waals surface area contributed by atoms with Crippen LogP contribution < -0.4 is 0 Å². The molecule has 0 saturated carbocycles. The standard InChI is InChI=1S/C46H50N8O10/c1-28(53-24-43(39(57)61-4)33(29-16-8-12-20-47-29)51(2)34(30-17-9-13-21-48-30)44(25-53,37(43)55)40(58)62-5)54-26-45(41(59)63-6)35(31-18-10-14-22-49-31)52(3)36(32-19-11-15-23-50-32)46(27-54,38(45)56)42(60)64-7/h8-23,28,33-36H,24-27H2,1-7H3. The van der Waals surface area contributed by atoms with Gasteiger partial charge in [0.15, 0.2) is 33.2 Å². The molecule has 8 unspecified atom stereocenters. The van der Waals surface area contributed by atoms with Crippen molar-refractivity contribution < 1.29 is 47.7 Å². The molecule has 0 aromatic carbocycles. The number of fused-ring (bicyclic) bond motifs is 4. The summed E-state index contributed by atoms with van der Waals surface area (Å²) >= 11 is 0. The normalized spacial score (nSPS) is 31.4. The van der Waals surface area contributed by atoms with Crippen molar-refractivity contribution in [2.45, 2.75) is 37.3 Å². The highest BCUT2D eigenvalue weighted by Crippen LogP contribution is 2.63. The third-order valence-corrected chi connectivity index (χ3v) is 14.1. The molecule has 8 atom stereocenters. The first-order chi connectivity index (χ1) is 30.8. The van der Waals surface area contributed by atoms with E-state index in [9.17, 15) is 19.2 Å². The van der Waals surface area contributed by atoms with Crippen molar-refractivity contribution in [1.82, 2.24) is 39.5 Å². The van der Waals surface area contributed by atoms with Gasteiger partial charge in [-0.2, -0.15) is 0 Å². The van der Waals surface area contributed by atoms with E-state index < -0.39 is 87.4 Å². The quantitative estimate of drug-likeness (QED) is 0.127. The van der Waals surface area contributed by atoms with Gasteiger partial charge in [0.1, 0.15) is 0 Å². The van der Waals surface area contributed by atoms with Crippen LogP contribution in [-0.4, -0.2) is 150 Å². The Morgan fingerprint density at radius 1 is 0.484 bits per heavy atom. The van der Waals surface area contributed by atoms with Gasteiger partial charge in [-0.3, -0.25) is 68.3 Å². The summed E-state index contributed by atoms with van der Waals surface area (Å²) in [6.07, 6.45) is 5.25. The predicted octanol–water partition coefficient (Wildman–Crippen LogP) is 2.18. The second-order valence-electron chi connectivity index (χ2n) is 16.9. The molecule has 0 spiro atoms. The van der Waals surface area contributed by atoms with Crippen molar-refractivity contribution >= 4 is 35.4 Å². The van der Waals surface area contributed by atoms with E-state index in [-0.39, 0.29) is 26.2 Å². The van der Waals surface area contributed by atoms with Gasteiger partial charge >= 0.3 is 23.9 Å². The maximum absolute atomic E-state index is 15.8. The summed E-state index contributed by atoms with van der Waals surface area (Å²) in [5, 5.41) is 0. The first-order valence-electron chi connectivity index (χ1n) is 20.8. The van der Waals surface area contributed by atoms with Crippen molar-refractivity contribution in [1.29, 1.82) is 0 Å². The van der Waals surface area contributed by atoms with E-state index >= 15 is 9.59 Å². The van der Waals surface area contributed by atoms with Crippen molar-refractivity contribution in [3.8, 4) is 0 Å². The Morgan fingerprint density at radius 3 is 0.906 bits per heavy atom. The van der Waals surface area contributed by atoms with Crippen LogP contribution in [0.15, 0.2) is 97.6 Å². The largest absolute Gasteiger partial charge is 0.468 e. The molecule has 18 heteroatoms. The lowest BCUT2D eigenvalue weighted by Crippen LogP contribution is -2.79. The zero-order chi connectivity index (χ0) is 45.8. The average Bonchev–Trinajstić information content (AvgIpc) is 3.32. The van der Waals surface area contributed by atoms with E-state index in [1.807, 2.05) is 0 Å². The van der Waals surface area contributed by atoms with Gasteiger partial charge in [0.2, 0.25) is 0 Å². The maximum atomic E-state index is 15.8. The topological polar surface area (TPSA) is 204 Å². The van der Waals surface area contributed by atoms with Gasteiger partial charge in [0.05, 0.1) is 81.5 Å². The Hall–Kier alpha value is -6.34. The highest BCUT2D eigenvalue weighted by molar-refractivity contribution is 6.19. The van der Waals surface area contributed by atoms with E-state index in [2.05, 4.69) is 19.9 Å². The number of esters is 4. The minimum atomic E-state index is -2.13. The highest BCUT2D eigenvalue weighted by Gasteiger charge is 2.78. The van der Waals surface area contributed by atoms with Crippen molar-refractivity contribution in [3.63, 3.8) is 0 Å². The van der Waals surface area contributed by atoms with Crippen LogP contribution in [0.3, 0.4) is 0 Å². The van der Waals surface area contributed by atoms with Crippen LogP contribution >= 0.6 is 0 Å². The Labute approximate surface area is 369 Å². The Balaban J connectivity index is 1.38. The number of rotatable bonds is 10. The molecule has 8 heterocycles. The molecular formula is C46H50N8O10. The van der Waals surface area contributed by atoms with Crippen LogP contribution in [-0.2, 0) is 47.7 Å². The molecule has 4 saturated heterocycles. The van der Waals surface area contributed by atoms with Crippen LogP contribution in [0.1, 0.15) is 53.9 Å². The van der Waals surface area contributed by atoms with Crippen LogP contribution in [0.25, 0.3) is 0 Å². The first kappa shape index (κ1) is 44.3. The molecule has 4 bridgehead atoms. The second kappa shape index (κ2) is 16.7. The van der Waals surface area contributed by atoms with Gasteiger partial charge in [-0.15, -0.1) is 0 Å². The number of pyridine rings is 4. The summed E-state index contributed by atoms with van der Waals surface area (Å²) in [4.78, 5) is 116. The van der Waals surface area contributed by atoms with Crippen molar-refractivity contribution in [2.75, 3.05) is 68.7 Å². The average molecular weight is 875 g/mol. The number of carbonyl (C=O) groups is 6. The lowest BCUT2D eigenvalue weighted by molar-refractivity contribution is -0.217. The van der Waals surface area contributed by atoms with Gasteiger partial charge in [-0.05, 0) is 69.6 Å². The van der Waals surface area contributed by atoms with Gasteiger partial charge in [0.25, 0.3) is 0 Å². The molecule has 0 amide bonds. The summed E-state index contributed by atoms with van der Waals surface area (Å²) < 4.78 is 22.2. The fraction of sp³-hybridized carbons (Fsp3) is 0.435. The number of ketones is 2. The monoisotopic (exact) mass is 874 g/mol. The highest BCUT2D eigenvalue weighted by atomic mass is 16.5. The fourth-order valence-electron chi connectivity index (χ4n) is 11.6. The second-order valence-corrected chi connectivity index (χ2v) is 16.9. The zero-order valence-corrected chi connectivity index (χ0v) is 36.6. The lowest BCUT2D eigenvalue weighted by atomic mass is 9.54. The molecular weight excluding hydrogens is 825 g/mol. The molecule has 4 aliphatic heterocycles. The molecule has 0 aliphatic carbocycles. The van der Waals surface area contributed by atoms with E-state index in [4.69, 9.17) is 18.9 Å². The summed E-state index contributed by atoms with van der Waals surface area (Å²) in [7, 11) is 8.13. The Bertz CT molecular complexity index is 2130.